The Morgan fingerprint density at radius 1 is 0.812 bits per heavy atom. The van der Waals surface area contributed by atoms with Gasteiger partial charge in [-0.1, -0.05) is 0 Å². The lowest BCUT2D eigenvalue weighted by Crippen LogP contribution is -2.51. The molecule has 32 heavy (non-hydrogen) atoms. The zero-order valence-electron chi connectivity index (χ0n) is 17.4. The Hall–Kier alpha value is -2.85. The van der Waals surface area contributed by atoms with E-state index < -0.39 is 36.0 Å². The summed E-state index contributed by atoms with van der Waals surface area (Å²) in [6.45, 7) is 1.45. The second-order valence-corrected chi connectivity index (χ2v) is 8.13. The number of nitrogens with zero attached hydrogens (tertiary/aromatic N) is 2. The molecular weight excluding hydrogens is 443 g/mol. The number of allylic oxidation sites excluding steroid dienone is 2. The van der Waals surface area contributed by atoms with Gasteiger partial charge in [0.15, 0.2) is 5.70 Å². The summed E-state index contributed by atoms with van der Waals surface area (Å²) in [6, 6.07) is 2.64. The van der Waals surface area contributed by atoms with E-state index in [4.69, 9.17) is 0 Å². The molecule has 0 aliphatic carbocycles. The predicted octanol–water partition coefficient (Wildman–Crippen LogP) is 6.57. The van der Waals surface area contributed by atoms with Crippen molar-refractivity contribution in [1.82, 2.24) is 4.48 Å². The summed E-state index contributed by atoms with van der Waals surface area (Å²) >= 11 is 0. The van der Waals surface area contributed by atoms with Crippen LogP contribution < -0.4 is 0 Å². The SMILES string of the molecule is CC1=CC(C)=[N+]2C1=C(c1cc(C(F)(F)F)cc(C(F)(F)F)c1)c1c(C)cc(C)n1[B-]2(F)F. The Morgan fingerprint density at radius 3 is 1.84 bits per heavy atom. The monoisotopic (exact) mass is 460 g/mol. The largest absolute Gasteiger partial charge is 0.737 e. The van der Waals surface area contributed by atoms with E-state index in [9.17, 15) is 26.3 Å². The summed E-state index contributed by atoms with van der Waals surface area (Å²) in [6.07, 6.45) is -8.67. The molecule has 2 aromatic rings. The van der Waals surface area contributed by atoms with Crippen LogP contribution in [0.15, 0.2) is 41.6 Å². The number of benzene rings is 1. The molecule has 0 saturated carbocycles. The van der Waals surface area contributed by atoms with Crippen molar-refractivity contribution in [2.75, 3.05) is 0 Å². The average molecular weight is 460 g/mol. The molecule has 1 aromatic carbocycles. The van der Waals surface area contributed by atoms with Crippen LogP contribution in [0.1, 0.15) is 47.5 Å². The molecule has 1 aromatic heterocycles. The highest BCUT2D eigenvalue weighted by Crippen LogP contribution is 2.46. The van der Waals surface area contributed by atoms with E-state index in [1.54, 1.807) is 0 Å². The molecule has 0 spiro atoms. The fourth-order valence-electron chi connectivity index (χ4n) is 4.67. The molecule has 2 aliphatic heterocycles. The first kappa shape index (κ1) is 22.4. The summed E-state index contributed by atoms with van der Waals surface area (Å²) in [7, 11) is 0. The highest BCUT2D eigenvalue weighted by molar-refractivity contribution is 6.58. The molecule has 0 fully saturated rings. The van der Waals surface area contributed by atoms with Crippen LogP contribution in [-0.4, -0.2) is 21.6 Å². The van der Waals surface area contributed by atoms with Gasteiger partial charge in [0.2, 0.25) is 0 Å². The lowest BCUT2D eigenvalue weighted by molar-refractivity contribution is -0.363. The lowest BCUT2D eigenvalue weighted by Gasteiger charge is -2.34. The zero-order chi connectivity index (χ0) is 24.0. The predicted molar refractivity (Wildman–Crippen MR) is 104 cm³/mol. The second-order valence-electron chi connectivity index (χ2n) is 8.13. The topological polar surface area (TPSA) is 7.94 Å². The van der Waals surface area contributed by atoms with Gasteiger partial charge in [-0.05, 0) is 61.9 Å². The van der Waals surface area contributed by atoms with Gasteiger partial charge in [0.1, 0.15) is 5.71 Å². The molecule has 0 unspecified atom stereocenters. The molecule has 2 aliphatic rings. The van der Waals surface area contributed by atoms with Gasteiger partial charge in [0, 0.05) is 24.3 Å². The van der Waals surface area contributed by atoms with Crippen LogP contribution in [0.4, 0.5) is 35.0 Å². The van der Waals surface area contributed by atoms with Crippen molar-refractivity contribution in [3.05, 3.63) is 75.3 Å². The van der Waals surface area contributed by atoms with E-state index in [0.29, 0.717) is 23.3 Å². The van der Waals surface area contributed by atoms with Gasteiger partial charge in [-0.15, -0.1) is 0 Å². The van der Waals surface area contributed by atoms with E-state index in [1.165, 1.54) is 39.8 Å². The summed E-state index contributed by atoms with van der Waals surface area (Å²) < 4.78 is 113. The first-order chi connectivity index (χ1) is 14.5. The van der Waals surface area contributed by atoms with Crippen LogP contribution in [0.2, 0.25) is 0 Å². The van der Waals surface area contributed by atoms with Crippen molar-refractivity contribution >= 4 is 18.3 Å². The van der Waals surface area contributed by atoms with E-state index in [2.05, 4.69) is 0 Å². The molecule has 0 radical (unpaired) electrons. The van der Waals surface area contributed by atoms with Crippen LogP contribution in [0.3, 0.4) is 0 Å². The Bertz CT molecular complexity index is 1220. The summed E-state index contributed by atoms with van der Waals surface area (Å²) in [5.74, 6) is 0. The van der Waals surface area contributed by atoms with Gasteiger partial charge in [-0.3, -0.25) is 0 Å². The number of hydrogen-bond donors (Lipinski definition) is 0. The number of rotatable bonds is 1. The van der Waals surface area contributed by atoms with Crippen molar-refractivity contribution in [2.24, 2.45) is 0 Å². The van der Waals surface area contributed by atoms with Gasteiger partial charge in [-0.2, -0.15) is 26.3 Å². The summed E-state index contributed by atoms with van der Waals surface area (Å²) in [4.78, 5) is 0. The minimum absolute atomic E-state index is 0.0275. The highest BCUT2D eigenvalue weighted by Gasteiger charge is 2.55. The van der Waals surface area contributed by atoms with Crippen molar-refractivity contribution in [3.63, 3.8) is 0 Å². The van der Waals surface area contributed by atoms with Gasteiger partial charge >= 0.3 is 19.3 Å². The van der Waals surface area contributed by atoms with Crippen LogP contribution in [0.25, 0.3) is 5.57 Å². The summed E-state index contributed by atoms with van der Waals surface area (Å²) in [5.41, 5.74) is -2.74. The van der Waals surface area contributed by atoms with Crippen LogP contribution >= 0.6 is 0 Å². The van der Waals surface area contributed by atoms with Crippen LogP contribution in [0.5, 0.6) is 0 Å². The van der Waals surface area contributed by atoms with Gasteiger partial charge in [0.05, 0.1) is 16.7 Å². The van der Waals surface area contributed by atoms with E-state index in [0.717, 1.165) is 8.96 Å². The number of fused-ring (bicyclic) bond motifs is 2. The Kier molecular flexibility index (Phi) is 4.60. The third-order valence-electron chi connectivity index (χ3n) is 5.81. The molecule has 0 amide bonds. The van der Waals surface area contributed by atoms with E-state index in [1.807, 2.05) is 0 Å². The van der Waals surface area contributed by atoms with Gasteiger partial charge < -0.3 is 17.6 Å². The number of hydrogen-bond acceptors (Lipinski definition) is 0. The normalized spacial score (nSPS) is 18.2. The number of aromatic nitrogens is 1. The number of aryl methyl sites for hydroxylation is 2. The molecule has 0 N–H and O–H groups in total. The molecule has 4 rings (SSSR count). The smallest absolute Gasteiger partial charge is 0.393 e. The molecular formula is C21H17BF8N2. The zero-order valence-corrected chi connectivity index (χ0v) is 17.4. The third-order valence-corrected chi connectivity index (χ3v) is 5.81. The first-order valence-electron chi connectivity index (χ1n) is 9.62. The quantitative estimate of drug-likeness (QED) is 0.336. The maximum atomic E-state index is 15.6. The molecule has 0 atom stereocenters. The number of alkyl halides is 6. The van der Waals surface area contributed by atoms with Crippen molar-refractivity contribution in [2.45, 2.75) is 40.0 Å². The molecule has 0 bridgehead atoms. The first-order valence-corrected chi connectivity index (χ1v) is 9.62. The van der Waals surface area contributed by atoms with E-state index >= 15 is 8.63 Å². The van der Waals surface area contributed by atoms with Crippen molar-refractivity contribution < 1.29 is 39.5 Å². The molecule has 170 valence electrons. The minimum Gasteiger partial charge on any atom is -0.393 e. The standard InChI is InChI=1S/C21H17BF8N2/c1-10-5-12(3)31-18(10)17(19-11(2)6-13(4)32(19)22(31,29)30)14-7-15(20(23,24)25)9-16(8-14)21(26,27)28/h5-9H,1-4H3. The Balaban J connectivity index is 2.18. The maximum Gasteiger partial charge on any atom is 0.737 e. The average Bonchev–Trinajstić information content (AvgIpc) is 3.10. The number of halogens is 8. The fourth-order valence-corrected chi connectivity index (χ4v) is 4.67. The molecule has 11 heteroatoms. The van der Waals surface area contributed by atoms with Crippen molar-refractivity contribution in [1.29, 1.82) is 0 Å². The second kappa shape index (κ2) is 6.58. The fraction of sp³-hybridized carbons (Fsp3) is 0.286. The molecule has 3 heterocycles. The maximum absolute atomic E-state index is 15.6. The van der Waals surface area contributed by atoms with Crippen molar-refractivity contribution in [3.8, 4) is 0 Å². The lowest BCUT2D eigenvalue weighted by atomic mass is 9.83. The minimum atomic E-state index is -5.06. The Labute approximate surface area is 178 Å². The van der Waals surface area contributed by atoms with E-state index in [-0.39, 0.29) is 34.4 Å². The molecule has 0 saturated heterocycles. The third kappa shape index (κ3) is 3.12. The van der Waals surface area contributed by atoms with Gasteiger partial charge in [0.25, 0.3) is 0 Å². The Morgan fingerprint density at radius 2 is 1.34 bits per heavy atom. The summed E-state index contributed by atoms with van der Waals surface area (Å²) in [5, 5.41) is 0. The van der Waals surface area contributed by atoms with Crippen LogP contribution in [0, 0.1) is 13.8 Å². The highest BCUT2D eigenvalue weighted by atomic mass is 19.4. The molecule has 2 nitrogen and oxygen atoms in total. The van der Waals surface area contributed by atoms with Gasteiger partial charge in [-0.25, -0.2) is 0 Å². The van der Waals surface area contributed by atoms with Crippen LogP contribution in [-0.2, 0) is 12.4 Å².